The maximum Gasteiger partial charge on any atom is 0.152 e. The minimum atomic E-state index is -0.345. The second kappa shape index (κ2) is 4.31. The van der Waals surface area contributed by atoms with Crippen molar-refractivity contribution in [2.45, 2.75) is 40.2 Å². The van der Waals surface area contributed by atoms with Crippen molar-refractivity contribution in [3.8, 4) is 0 Å². The van der Waals surface area contributed by atoms with Crippen molar-refractivity contribution < 1.29 is 9.90 Å². The topological polar surface area (TPSA) is 37.3 Å². The number of hydrogen-bond acceptors (Lipinski definition) is 2. The van der Waals surface area contributed by atoms with E-state index in [1.807, 2.05) is 19.1 Å². The second-order valence-corrected chi connectivity index (χ2v) is 5.12. The molecule has 0 aromatic carbocycles. The Bertz CT molecular complexity index is 310. The molecule has 15 heavy (non-hydrogen) atoms. The van der Waals surface area contributed by atoms with Crippen LogP contribution in [0.1, 0.15) is 34.1 Å². The maximum absolute atomic E-state index is 10.9. The molecule has 0 radical (unpaired) electrons. The number of carbonyl (C=O) groups excluding carboxylic acids is 1. The number of ketones is 1. The van der Waals surface area contributed by atoms with Gasteiger partial charge in [0.05, 0.1) is 6.10 Å². The van der Waals surface area contributed by atoms with Gasteiger partial charge in [0.25, 0.3) is 0 Å². The van der Waals surface area contributed by atoms with Crippen LogP contribution in [0.4, 0.5) is 0 Å². The highest BCUT2D eigenvalue weighted by Gasteiger charge is 2.34. The van der Waals surface area contributed by atoms with Gasteiger partial charge < -0.3 is 5.11 Å². The molecule has 1 N–H and O–H groups in total. The molecule has 0 bridgehead atoms. The van der Waals surface area contributed by atoms with Crippen molar-refractivity contribution in [3.63, 3.8) is 0 Å². The highest BCUT2D eigenvalue weighted by Crippen LogP contribution is 2.41. The lowest BCUT2D eigenvalue weighted by Gasteiger charge is -2.38. The third kappa shape index (κ3) is 3.03. The van der Waals surface area contributed by atoms with Gasteiger partial charge in [0.15, 0.2) is 5.78 Å². The molecule has 0 saturated carbocycles. The van der Waals surface area contributed by atoms with E-state index in [0.29, 0.717) is 0 Å². The average molecular weight is 208 g/mol. The Balaban J connectivity index is 2.94. The predicted molar refractivity (Wildman–Crippen MR) is 61.5 cm³/mol. The Morgan fingerprint density at radius 3 is 2.67 bits per heavy atom. The molecule has 1 aliphatic carbocycles. The van der Waals surface area contributed by atoms with E-state index in [1.54, 1.807) is 13.0 Å². The average Bonchev–Trinajstić information content (AvgIpc) is 1.98. The third-order valence-corrected chi connectivity index (χ3v) is 3.05. The van der Waals surface area contributed by atoms with Crippen LogP contribution in [-0.4, -0.2) is 17.0 Å². The van der Waals surface area contributed by atoms with Crippen molar-refractivity contribution >= 4 is 5.78 Å². The van der Waals surface area contributed by atoms with Crippen LogP contribution >= 0.6 is 0 Å². The molecule has 1 rings (SSSR count). The molecule has 1 aliphatic rings. The SMILES string of the molecule is CC(=O)C=CC1C(C)=CC(O)CC1(C)C. The number of hydrogen-bond donors (Lipinski definition) is 1. The summed E-state index contributed by atoms with van der Waals surface area (Å²) < 4.78 is 0. The van der Waals surface area contributed by atoms with Crippen molar-refractivity contribution in [1.29, 1.82) is 0 Å². The summed E-state index contributed by atoms with van der Waals surface area (Å²) in [7, 11) is 0. The number of allylic oxidation sites excluding steroid dienone is 3. The van der Waals surface area contributed by atoms with Gasteiger partial charge in [-0.15, -0.1) is 0 Å². The van der Waals surface area contributed by atoms with Crippen LogP contribution < -0.4 is 0 Å². The van der Waals surface area contributed by atoms with Crippen LogP contribution in [0, 0.1) is 11.3 Å². The first-order valence-electron chi connectivity index (χ1n) is 5.38. The number of aliphatic hydroxyl groups is 1. The van der Waals surface area contributed by atoms with Gasteiger partial charge in [0.2, 0.25) is 0 Å². The first kappa shape index (κ1) is 12.2. The summed E-state index contributed by atoms with van der Waals surface area (Å²) in [5.74, 6) is 0.328. The third-order valence-electron chi connectivity index (χ3n) is 3.05. The van der Waals surface area contributed by atoms with Gasteiger partial charge in [-0.2, -0.15) is 0 Å². The molecule has 0 aromatic heterocycles. The van der Waals surface area contributed by atoms with E-state index in [1.165, 1.54) is 0 Å². The number of carbonyl (C=O) groups is 1. The summed E-state index contributed by atoms with van der Waals surface area (Å²) in [5.41, 5.74) is 1.17. The Hall–Kier alpha value is -0.890. The van der Waals surface area contributed by atoms with Crippen LogP contribution in [0.2, 0.25) is 0 Å². The fourth-order valence-corrected chi connectivity index (χ4v) is 2.39. The first-order valence-corrected chi connectivity index (χ1v) is 5.38. The number of aliphatic hydroxyl groups excluding tert-OH is 1. The van der Waals surface area contributed by atoms with E-state index in [2.05, 4.69) is 13.8 Å². The lowest BCUT2D eigenvalue weighted by Crippen LogP contribution is -2.32. The minimum Gasteiger partial charge on any atom is -0.389 e. The largest absolute Gasteiger partial charge is 0.389 e. The molecule has 2 unspecified atom stereocenters. The molecule has 84 valence electrons. The molecule has 2 nitrogen and oxygen atoms in total. The van der Waals surface area contributed by atoms with Crippen LogP contribution in [-0.2, 0) is 4.79 Å². The molecule has 0 spiro atoms. The van der Waals surface area contributed by atoms with Gasteiger partial charge in [0, 0.05) is 5.92 Å². The van der Waals surface area contributed by atoms with E-state index >= 15 is 0 Å². The maximum atomic E-state index is 10.9. The summed E-state index contributed by atoms with van der Waals surface area (Å²) in [4.78, 5) is 10.9. The fourth-order valence-electron chi connectivity index (χ4n) is 2.39. The van der Waals surface area contributed by atoms with Gasteiger partial charge in [-0.3, -0.25) is 4.79 Å². The summed E-state index contributed by atoms with van der Waals surface area (Å²) in [6, 6.07) is 0. The lowest BCUT2D eigenvalue weighted by molar-refractivity contribution is -0.112. The summed E-state index contributed by atoms with van der Waals surface area (Å²) in [6.45, 7) is 7.82. The van der Waals surface area contributed by atoms with Crippen LogP contribution in [0.25, 0.3) is 0 Å². The summed E-state index contributed by atoms with van der Waals surface area (Å²) in [5, 5.41) is 9.64. The van der Waals surface area contributed by atoms with Gasteiger partial charge in [0.1, 0.15) is 0 Å². The van der Waals surface area contributed by atoms with Crippen molar-refractivity contribution in [2.75, 3.05) is 0 Å². The molecule has 0 amide bonds. The molecule has 2 heteroatoms. The van der Waals surface area contributed by atoms with Gasteiger partial charge in [-0.1, -0.05) is 31.6 Å². The van der Waals surface area contributed by atoms with E-state index in [-0.39, 0.29) is 23.2 Å². The number of rotatable bonds is 2. The Morgan fingerprint density at radius 2 is 2.20 bits per heavy atom. The van der Waals surface area contributed by atoms with Crippen molar-refractivity contribution in [2.24, 2.45) is 11.3 Å². The monoisotopic (exact) mass is 208 g/mol. The zero-order valence-electron chi connectivity index (χ0n) is 9.95. The van der Waals surface area contributed by atoms with Crippen molar-refractivity contribution in [3.05, 3.63) is 23.8 Å². The smallest absolute Gasteiger partial charge is 0.152 e. The van der Waals surface area contributed by atoms with E-state index in [9.17, 15) is 9.90 Å². The summed E-state index contributed by atoms with van der Waals surface area (Å²) in [6.07, 6.45) is 5.88. The molecule has 0 aliphatic heterocycles. The quantitative estimate of drug-likeness (QED) is 0.559. The fraction of sp³-hybridized carbons (Fsp3) is 0.615. The first-order chi connectivity index (χ1) is 6.83. The van der Waals surface area contributed by atoms with E-state index in [0.717, 1.165) is 12.0 Å². The van der Waals surface area contributed by atoms with Gasteiger partial charge in [-0.05, 0) is 31.8 Å². The lowest BCUT2D eigenvalue weighted by atomic mass is 9.68. The van der Waals surface area contributed by atoms with E-state index in [4.69, 9.17) is 0 Å². The van der Waals surface area contributed by atoms with Crippen molar-refractivity contribution in [1.82, 2.24) is 0 Å². The Morgan fingerprint density at radius 1 is 1.60 bits per heavy atom. The highest BCUT2D eigenvalue weighted by atomic mass is 16.3. The Kier molecular flexibility index (Phi) is 3.50. The zero-order chi connectivity index (χ0) is 11.6. The molecule has 2 atom stereocenters. The molecule has 0 fully saturated rings. The van der Waals surface area contributed by atoms with Crippen LogP contribution in [0.5, 0.6) is 0 Å². The summed E-state index contributed by atoms with van der Waals surface area (Å²) >= 11 is 0. The molecular weight excluding hydrogens is 188 g/mol. The van der Waals surface area contributed by atoms with Gasteiger partial charge >= 0.3 is 0 Å². The molecule has 0 saturated heterocycles. The molecule has 0 heterocycles. The van der Waals surface area contributed by atoms with Crippen LogP contribution in [0.3, 0.4) is 0 Å². The Labute approximate surface area is 91.7 Å². The zero-order valence-corrected chi connectivity index (χ0v) is 9.95. The molecule has 0 aromatic rings. The standard InChI is InChI=1S/C13H20O2/c1-9-7-11(15)8-13(3,4)12(9)6-5-10(2)14/h5-7,11-12,15H,8H2,1-4H3. The highest BCUT2D eigenvalue weighted by molar-refractivity contribution is 5.87. The van der Waals surface area contributed by atoms with Gasteiger partial charge in [-0.25, -0.2) is 0 Å². The van der Waals surface area contributed by atoms with E-state index < -0.39 is 0 Å². The predicted octanol–water partition coefficient (Wildman–Crippen LogP) is 2.48. The molecular formula is C13H20O2. The van der Waals surface area contributed by atoms with Crippen LogP contribution in [0.15, 0.2) is 23.8 Å². The normalized spacial score (nSPS) is 30.3. The minimum absolute atomic E-state index is 0.0181. The second-order valence-electron chi connectivity index (χ2n) is 5.12.